The van der Waals surface area contributed by atoms with Gasteiger partial charge < -0.3 is 15.3 Å². The largest absolute Gasteiger partial charge is 0.481 e. The summed E-state index contributed by atoms with van der Waals surface area (Å²) in [7, 11) is 0. The molecule has 1 rings (SSSR count). The summed E-state index contributed by atoms with van der Waals surface area (Å²) in [5.41, 5.74) is 0. The van der Waals surface area contributed by atoms with Crippen LogP contribution in [0.25, 0.3) is 0 Å². The molecule has 2 amide bonds. The summed E-state index contributed by atoms with van der Waals surface area (Å²) < 4.78 is 0. The maximum atomic E-state index is 11.8. The second-order valence-electron chi connectivity index (χ2n) is 4.41. The summed E-state index contributed by atoms with van der Waals surface area (Å²) in [6, 6.07) is 0.506. The molecule has 0 aromatic rings. The molecule has 1 aliphatic heterocycles. The molecular weight excluding hydrogens is 208 g/mol. The number of carboxylic acids is 1. The number of nitrogens with one attached hydrogen (secondary N) is 1. The minimum Gasteiger partial charge on any atom is -0.481 e. The van der Waals surface area contributed by atoms with E-state index >= 15 is 0 Å². The molecule has 1 fully saturated rings. The Labute approximate surface area is 95.8 Å². The quantitative estimate of drug-likeness (QED) is 0.715. The Morgan fingerprint density at radius 3 is 2.38 bits per heavy atom. The lowest BCUT2D eigenvalue weighted by atomic mass is 10.2. The van der Waals surface area contributed by atoms with Crippen molar-refractivity contribution in [2.75, 3.05) is 6.54 Å². The summed E-state index contributed by atoms with van der Waals surface area (Å²) in [6.07, 6.45) is 2.68. The van der Waals surface area contributed by atoms with Gasteiger partial charge in [-0.05, 0) is 33.1 Å². The average Bonchev–Trinajstić information content (AvgIpc) is 2.53. The molecule has 0 aromatic carbocycles. The average molecular weight is 228 g/mol. The summed E-state index contributed by atoms with van der Waals surface area (Å²) in [5.74, 6) is -0.822. The Bertz CT molecular complexity index is 258. The van der Waals surface area contributed by atoms with Crippen molar-refractivity contribution in [3.8, 4) is 0 Å². The molecule has 5 nitrogen and oxygen atoms in total. The number of carboxylic acid groups (broad SMARTS) is 1. The molecule has 5 heteroatoms. The minimum atomic E-state index is -0.822. The van der Waals surface area contributed by atoms with Gasteiger partial charge in [-0.15, -0.1) is 0 Å². The first-order valence-corrected chi connectivity index (χ1v) is 5.80. The van der Waals surface area contributed by atoms with Crippen molar-refractivity contribution in [1.82, 2.24) is 10.2 Å². The number of aliphatic carboxylic acids is 1. The maximum absolute atomic E-state index is 11.8. The molecule has 1 saturated heterocycles. The highest BCUT2D eigenvalue weighted by Gasteiger charge is 2.30. The van der Waals surface area contributed by atoms with Crippen LogP contribution in [0.5, 0.6) is 0 Å². The standard InChI is InChI=1S/C11H20N2O3/c1-8-5-6-9(2)13(8)11(16)12-7-3-4-10(14)15/h8-9H,3-7H2,1-2H3,(H,12,16)(H,14,15). The van der Waals surface area contributed by atoms with Crippen molar-refractivity contribution >= 4 is 12.0 Å². The van der Waals surface area contributed by atoms with E-state index in [9.17, 15) is 9.59 Å². The van der Waals surface area contributed by atoms with Gasteiger partial charge in [0, 0.05) is 25.0 Å². The van der Waals surface area contributed by atoms with Crippen LogP contribution in [0.2, 0.25) is 0 Å². The monoisotopic (exact) mass is 228 g/mol. The van der Waals surface area contributed by atoms with Crippen LogP contribution < -0.4 is 5.32 Å². The van der Waals surface area contributed by atoms with E-state index in [0.29, 0.717) is 13.0 Å². The van der Waals surface area contributed by atoms with Crippen LogP contribution >= 0.6 is 0 Å². The highest BCUT2D eigenvalue weighted by molar-refractivity contribution is 5.75. The lowest BCUT2D eigenvalue weighted by Gasteiger charge is -2.26. The van der Waals surface area contributed by atoms with Crippen molar-refractivity contribution in [2.45, 2.75) is 51.6 Å². The van der Waals surface area contributed by atoms with Gasteiger partial charge in [-0.3, -0.25) is 4.79 Å². The predicted octanol–water partition coefficient (Wildman–Crippen LogP) is 1.43. The van der Waals surface area contributed by atoms with Gasteiger partial charge in [-0.2, -0.15) is 0 Å². The van der Waals surface area contributed by atoms with E-state index in [1.807, 2.05) is 18.7 Å². The Hall–Kier alpha value is -1.26. The Morgan fingerprint density at radius 1 is 1.31 bits per heavy atom. The molecule has 0 spiro atoms. The van der Waals surface area contributed by atoms with Crippen LogP contribution in [0.15, 0.2) is 0 Å². The normalized spacial score (nSPS) is 24.5. The highest BCUT2D eigenvalue weighted by atomic mass is 16.4. The van der Waals surface area contributed by atoms with E-state index in [-0.39, 0.29) is 24.5 Å². The van der Waals surface area contributed by atoms with Crippen molar-refractivity contribution < 1.29 is 14.7 Å². The molecule has 0 aliphatic carbocycles. The van der Waals surface area contributed by atoms with E-state index in [1.54, 1.807) is 0 Å². The fourth-order valence-electron chi connectivity index (χ4n) is 2.12. The van der Waals surface area contributed by atoms with Gasteiger partial charge in [0.25, 0.3) is 0 Å². The summed E-state index contributed by atoms with van der Waals surface area (Å²) in [4.78, 5) is 23.9. The second kappa shape index (κ2) is 5.72. The number of rotatable bonds is 4. The number of likely N-dealkylation sites (tertiary alicyclic amines) is 1. The topological polar surface area (TPSA) is 69.6 Å². The van der Waals surface area contributed by atoms with E-state index in [1.165, 1.54) is 0 Å². The van der Waals surface area contributed by atoms with Crippen LogP contribution in [0, 0.1) is 0 Å². The summed E-state index contributed by atoms with van der Waals surface area (Å²) >= 11 is 0. The molecule has 0 bridgehead atoms. The molecule has 16 heavy (non-hydrogen) atoms. The number of hydrogen-bond donors (Lipinski definition) is 2. The Kier molecular flexibility index (Phi) is 4.58. The van der Waals surface area contributed by atoms with E-state index < -0.39 is 5.97 Å². The minimum absolute atomic E-state index is 0.0668. The first-order chi connectivity index (χ1) is 7.52. The van der Waals surface area contributed by atoms with Crippen LogP contribution in [0.4, 0.5) is 4.79 Å². The molecule has 2 unspecified atom stereocenters. The Morgan fingerprint density at radius 2 is 1.88 bits per heavy atom. The molecule has 0 aromatic heterocycles. The zero-order chi connectivity index (χ0) is 12.1. The lowest BCUT2D eigenvalue weighted by molar-refractivity contribution is -0.137. The number of carbonyl (C=O) groups is 2. The molecular formula is C11H20N2O3. The van der Waals surface area contributed by atoms with Crippen LogP contribution in [-0.2, 0) is 4.79 Å². The number of carbonyl (C=O) groups excluding carboxylic acids is 1. The number of urea groups is 1. The third-order valence-corrected chi connectivity index (χ3v) is 3.03. The van der Waals surface area contributed by atoms with E-state index in [4.69, 9.17) is 5.11 Å². The van der Waals surface area contributed by atoms with Crippen molar-refractivity contribution in [3.63, 3.8) is 0 Å². The van der Waals surface area contributed by atoms with E-state index in [2.05, 4.69) is 5.32 Å². The number of amides is 2. The zero-order valence-electron chi connectivity index (χ0n) is 9.90. The third kappa shape index (κ3) is 3.40. The van der Waals surface area contributed by atoms with Gasteiger partial charge in [-0.25, -0.2) is 4.79 Å². The third-order valence-electron chi connectivity index (χ3n) is 3.03. The van der Waals surface area contributed by atoms with Crippen molar-refractivity contribution in [2.24, 2.45) is 0 Å². The van der Waals surface area contributed by atoms with Crippen molar-refractivity contribution in [1.29, 1.82) is 0 Å². The second-order valence-corrected chi connectivity index (χ2v) is 4.41. The first kappa shape index (κ1) is 12.8. The molecule has 1 heterocycles. The van der Waals surface area contributed by atoms with E-state index in [0.717, 1.165) is 12.8 Å². The predicted molar refractivity (Wildman–Crippen MR) is 60.3 cm³/mol. The Balaban J connectivity index is 2.26. The van der Waals surface area contributed by atoms with Crippen molar-refractivity contribution in [3.05, 3.63) is 0 Å². The van der Waals surface area contributed by atoms with Gasteiger partial charge in [0.1, 0.15) is 0 Å². The highest BCUT2D eigenvalue weighted by Crippen LogP contribution is 2.22. The molecule has 0 saturated carbocycles. The van der Waals surface area contributed by atoms with Gasteiger partial charge in [0.15, 0.2) is 0 Å². The first-order valence-electron chi connectivity index (χ1n) is 5.80. The van der Waals surface area contributed by atoms with Crippen LogP contribution in [-0.4, -0.2) is 40.6 Å². The maximum Gasteiger partial charge on any atom is 0.317 e. The summed E-state index contributed by atoms with van der Waals surface area (Å²) in [6.45, 7) is 4.52. The zero-order valence-corrected chi connectivity index (χ0v) is 9.90. The molecule has 2 N–H and O–H groups in total. The molecule has 1 aliphatic rings. The van der Waals surface area contributed by atoms with Gasteiger partial charge in [0.2, 0.25) is 0 Å². The van der Waals surface area contributed by atoms with Gasteiger partial charge in [0.05, 0.1) is 0 Å². The molecule has 2 atom stereocenters. The molecule has 92 valence electrons. The molecule has 0 radical (unpaired) electrons. The van der Waals surface area contributed by atoms with Crippen LogP contribution in [0.3, 0.4) is 0 Å². The van der Waals surface area contributed by atoms with Gasteiger partial charge >= 0.3 is 12.0 Å². The number of hydrogen-bond acceptors (Lipinski definition) is 2. The number of nitrogens with zero attached hydrogens (tertiary/aromatic N) is 1. The fourth-order valence-corrected chi connectivity index (χ4v) is 2.12. The van der Waals surface area contributed by atoms with Crippen LogP contribution in [0.1, 0.15) is 39.5 Å². The smallest absolute Gasteiger partial charge is 0.317 e. The van der Waals surface area contributed by atoms with Gasteiger partial charge in [-0.1, -0.05) is 0 Å². The fraction of sp³-hybridized carbons (Fsp3) is 0.818. The lowest BCUT2D eigenvalue weighted by Crippen LogP contribution is -2.45. The SMILES string of the molecule is CC1CCC(C)N1C(=O)NCCCC(=O)O. The summed E-state index contributed by atoms with van der Waals surface area (Å²) in [5, 5.41) is 11.2.